The number of hydrogen-bond acceptors (Lipinski definition) is 5. The number of fused-ring (bicyclic) bond motifs is 1. The molecule has 0 radical (unpaired) electrons. The van der Waals surface area contributed by atoms with Crippen molar-refractivity contribution in [3.63, 3.8) is 0 Å². The predicted molar refractivity (Wildman–Crippen MR) is 103 cm³/mol. The second-order valence-corrected chi connectivity index (χ2v) is 9.05. The highest BCUT2D eigenvalue weighted by Gasteiger charge is 2.38. The molecule has 7 nitrogen and oxygen atoms in total. The summed E-state index contributed by atoms with van der Waals surface area (Å²) in [4.78, 5) is 12.1. The number of aromatic nitrogens is 1. The van der Waals surface area contributed by atoms with Gasteiger partial charge < -0.3 is 14.0 Å². The number of sulfonamides is 1. The first-order valence-electron chi connectivity index (χ1n) is 8.81. The van der Waals surface area contributed by atoms with E-state index in [1.807, 2.05) is 6.07 Å². The third kappa shape index (κ3) is 3.53. The number of ether oxygens (including phenoxy) is 2. The van der Waals surface area contributed by atoms with E-state index >= 15 is 0 Å². The van der Waals surface area contributed by atoms with Gasteiger partial charge in [-0.25, -0.2) is 8.42 Å². The monoisotopic (exact) mass is 390 g/mol. The van der Waals surface area contributed by atoms with Crippen molar-refractivity contribution >= 4 is 15.7 Å². The molecule has 27 heavy (non-hydrogen) atoms. The van der Waals surface area contributed by atoms with Crippen molar-refractivity contribution < 1.29 is 17.9 Å². The molecule has 144 valence electrons. The fraction of sp³-hybridized carbons (Fsp3) is 0.421. The lowest BCUT2D eigenvalue weighted by Crippen LogP contribution is -2.18. The smallest absolute Gasteiger partial charge is 0.292 e. The minimum absolute atomic E-state index is 0.127. The maximum Gasteiger partial charge on any atom is 0.292 e. The predicted octanol–water partition coefficient (Wildman–Crippen LogP) is 2.15. The Morgan fingerprint density at radius 3 is 2.63 bits per heavy atom. The molecule has 8 heteroatoms. The molecule has 2 heterocycles. The number of nitrogens with zero attached hydrogens (tertiary/aromatic N) is 1. The van der Waals surface area contributed by atoms with Crippen LogP contribution in [-0.4, -0.2) is 32.5 Å². The third-order valence-electron chi connectivity index (χ3n) is 4.99. The van der Waals surface area contributed by atoms with E-state index in [0.29, 0.717) is 11.6 Å². The Balaban J connectivity index is 1.86. The Bertz CT molecular complexity index is 1070. The van der Waals surface area contributed by atoms with Crippen LogP contribution in [0.1, 0.15) is 18.4 Å². The molecule has 2 aliphatic rings. The van der Waals surface area contributed by atoms with Crippen LogP contribution in [0, 0.1) is 5.92 Å². The fourth-order valence-electron chi connectivity index (χ4n) is 3.58. The average Bonchev–Trinajstić information content (AvgIpc) is 3.35. The Morgan fingerprint density at radius 2 is 2.00 bits per heavy atom. The highest BCUT2D eigenvalue weighted by molar-refractivity contribution is 7.92. The zero-order chi connectivity index (χ0) is 19.3. The molecule has 1 aromatic heterocycles. The van der Waals surface area contributed by atoms with Gasteiger partial charge in [-0.1, -0.05) is 0 Å². The standard InChI is InChI=1S/C19H22N2O5S/c1-21-10-13(8-17(25-2)19(21)22)15-9-14(20-27(3,23)24)6-12-7-16(11-4-5-11)26-18(12)15/h6,8-11,16,20H,4-5,7H2,1-3H3. The molecule has 2 aromatic rings. The van der Waals surface area contributed by atoms with Crippen molar-refractivity contribution in [1.29, 1.82) is 0 Å². The lowest BCUT2D eigenvalue weighted by molar-refractivity contribution is 0.208. The number of methoxy groups -OCH3 is 1. The largest absolute Gasteiger partial charge is 0.491 e. The van der Waals surface area contributed by atoms with E-state index < -0.39 is 10.0 Å². The van der Waals surface area contributed by atoms with Crippen LogP contribution in [0.3, 0.4) is 0 Å². The number of pyridine rings is 1. The van der Waals surface area contributed by atoms with Crippen molar-refractivity contribution in [3.05, 3.63) is 40.3 Å². The van der Waals surface area contributed by atoms with E-state index in [1.165, 1.54) is 11.7 Å². The van der Waals surface area contributed by atoms with E-state index in [0.717, 1.165) is 48.0 Å². The van der Waals surface area contributed by atoms with E-state index in [4.69, 9.17) is 9.47 Å². The van der Waals surface area contributed by atoms with Gasteiger partial charge in [-0.3, -0.25) is 9.52 Å². The van der Waals surface area contributed by atoms with Gasteiger partial charge in [-0.15, -0.1) is 0 Å². The normalized spacial score (nSPS) is 18.7. The molecule has 1 aliphatic heterocycles. The van der Waals surface area contributed by atoms with Crippen molar-refractivity contribution in [3.8, 4) is 22.6 Å². The number of nitrogens with one attached hydrogen (secondary N) is 1. The number of anilines is 1. The van der Waals surface area contributed by atoms with Gasteiger partial charge in [0.1, 0.15) is 11.9 Å². The molecule has 1 saturated carbocycles. The van der Waals surface area contributed by atoms with Crippen LogP contribution in [0.2, 0.25) is 0 Å². The molecule has 0 bridgehead atoms. The molecule has 0 amide bonds. The quantitative estimate of drug-likeness (QED) is 0.845. The summed E-state index contributed by atoms with van der Waals surface area (Å²) in [5, 5.41) is 0. The maximum absolute atomic E-state index is 12.1. The van der Waals surface area contributed by atoms with E-state index in [-0.39, 0.29) is 17.4 Å². The molecule has 4 rings (SSSR count). The maximum atomic E-state index is 12.1. The molecular weight excluding hydrogens is 368 g/mol. The summed E-state index contributed by atoms with van der Waals surface area (Å²) in [6.07, 6.45) is 6.04. The van der Waals surface area contributed by atoms with Gasteiger partial charge in [0.05, 0.1) is 13.4 Å². The molecule has 1 atom stereocenters. The van der Waals surface area contributed by atoms with Crippen LogP contribution in [-0.2, 0) is 23.5 Å². The highest BCUT2D eigenvalue weighted by Crippen LogP contribution is 2.47. The first-order chi connectivity index (χ1) is 12.7. The third-order valence-corrected chi connectivity index (χ3v) is 5.60. The molecule has 1 fully saturated rings. The first-order valence-corrected chi connectivity index (χ1v) is 10.7. The molecule has 1 aliphatic carbocycles. The minimum Gasteiger partial charge on any atom is -0.491 e. The SMILES string of the molecule is COc1cc(-c2cc(NS(C)(=O)=O)cc3c2OC(C2CC2)C3)cn(C)c1=O. The van der Waals surface area contributed by atoms with Crippen LogP contribution >= 0.6 is 0 Å². The first kappa shape index (κ1) is 17.9. The summed E-state index contributed by atoms with van der Waals surface area (Å²) in [5.41, 5.74) is 2.71. The second-order valence-electron chi connectivity index (χ2n) is 7.30. The van der Waals surface area contributed by atoms with E-state index in [2.05, 4.69) is 4.72 Å². The van der Waals surface area contributed by atoms with Crippen LogP contribution in [0.25, 0.3) is 11.1 Å². The van der Waals surface area contributed by atoms with Crippen LogP contribution in [0.15, 0.2) is 29.2 Å². The summed E-state index contributed by atoms with van der Waals surface area (Å²) in [7, 11) is -0.305. The van der Waals surface area contributed by atoms with Crippen LogP contribution in [0.4, 0.5) is 5.69 Å². The number of benzene rings is 1. The van der Waals surface area contributed by atoms with Crippen molar-refractivity contribution in [1.82, 2.24) is 4.57 Å². The van der Waals surface area contributed by atoms with Gasteiger partial charge in [0.2, 0.25) is 10.0 Å². The molecule has 1 aromatic carbocycles. The average molecular weight is 390 g/mol. The number of aryl methyl sites for hydroxylation is 1. The van der Waals surface area contributed by atoms with Gasteiger partial charge in [0.15, 0.2) is 5.75 Å². The molecular formula is C19H22N2O5S. The van der Waals surface area contributed by atoms with E-state index in [1.54, 1.807) is 25.4 Å². The minimum atomic E-state index is -3.41. The van der Waals surface area contributed by atoms with Crippen molar-refractivity contribution in [2.45, 2.75) is 25.4 Å². The molecule has 0 spiro atoms. The van der Waals surface area contributed by atoms with Gasteiger partial charge >= 0.3 is 0 Å². The summed E-state index contributed by atoms with van der Waals surface area (Å²) < 4.78 is 38.9. The van der Waals surface area contributed by atoms with Crippen molar-refractivity contribution in [2.75, 3.05) is 18.1 Å². The topological polar surface area (TPSA) is 86.6 Å². The van der Waals surface area contributed by atoms with Gasteiger partial charge in [-0.05, 0) is 37.0 Å². The Labute approximate surface area is 158 Å². The van der Waals surface area contributed by atoms with Crippen LogP contribution in [0.5, 0.6) is 11.5 Å². The lowest BCUT2D eigenvalue weighted by atomic mass is 10.00. The Hall–Kier alpha value is -2.48. The summed E-state index contributed by atoms with van der Waals surface area (Å²) in [6.45, 7) is 0. The zero-order valence-electron chi connectivity index (χ0n) is 15.5. The summed E-state index contributed by atoms with van der Waals surface area (Å²) >= 11 is 0. The Kier molecular flexibility index (Phi) is 4.18. The van der Waals surface area contributed by atoms with Gasteiger partial charge in [0.25, 0.3) is 5.56 Å². The van der Waals surface area contributed by atoms with E-state index in [9.17, 15) is 13.2 Å². The van der Waals surface area contributed by atoms with Crippen LogP contribution < -0.4 is 19.8 Å². The highest BCUT2D eigenvalue weighted by atomic mass is 32.2. The fourth-order valence-corrected chi connectivity index (χ4v) is 4.13. The Morgan fingerprint density at radius 1 is 1.26 bits per heavy atom. The van der Waals surface area contributed by atoms with Crippen molar-refractivity contribution in [2.24, 2.45) is 13.0 Å². The molecule has 1 N–H and O–H groups in total. The number of rotatable bonds is 5. The molecule has 0 saturated heterocycles. The summed E-state index contributed by atoms with van der Waals surface area (Å²) in [6, 6.07) is 5.24. The summed E-state index contributed by atoms with van der Waals surface area (Å²) in [5.74, 6) is 1.54. The zero-order valence-corrected chi connectivity index (χ0v) is 16.3. The lowest BCUT2D eigenvalue weighted by Gasteiger charge is -2.15. The van der Waals surface area contributed by atoms with Gasteiger partial charge in [0, 0.05) is 42.0 Å². The number of hydrogen-bond donors (Lipinski definition) is 1. The van der Waals surface area contributed by atoms with Gasteiger partial charge in [-0.2, -0.15) is 0 Å². The second kappa shape index (κ2) is 6.30. The molecule has 1 unspecified atom stereocenters.